The lowest BCUT2D eigenvalue weighted by molar-refractivity contribution is -0.125. The van der Waals surface area contributed by atoms with Crippen LogP contribution in [0.3, 0.4) is 0 Å². The van der Waals surface area contributed by atoms with Crippen molar-refractivity contribution >= 4 is 23.5 Å². The molecule has 6 heteroatoms. The van der Waals surface area contributed by atoms with E-state index in [0.717, 1.165) is 5.56 Å². The van der Waals surface area contributed by atoms with Gasteiger partial charge in [0.15, 0.2) is 0 Å². The summed E-state index contributed by atoms with van der Waals surface area (Å²) in [6, 6.07) is 6.34. The second kappa shape index (κ2) is 5.26. The van der Waals surface area contributed by atoms with E-state index in [1.807, 2.05) is 18.2 Å². The molecule has 0 bridgehead atoms. The fourth-order valence-electron chi connectivity index (χ4n) is 2.67. The first kappa shape index (κ1) is 13.7. The molecule has 0 fully saturated rings. The Morgan fingerprint density at radius 1 is 1.38 bits per heavy atom. The van der Waals surface area contributed by atoms with Crippen molar-refractivity contribution in [2.75, 3.05) is 13.1 Å². The van der Waals surface area contributed by atoms with Crippen LogP contribution in [0.4, 0.5) is 4.79 Å². The van der Waals surface area contributed by atoms with E-state index in [0.29, 0.717) is 29.4 Å². The predicted molar refractivity (Wildman–Crippen MR) is 79.7 cm³/mol. The summed E-state index contributed by atoms with van der Waals surface area (Å²) in [6.07, 6.45) is 1.66. The van der Waals surface area contributed by atoms with Gasteiger partial charge in [0.1, 0.15) is 0 Å². The molecule has 108 valence electrons. The highest BCUT2D eigenvalue weighted by Gasteiger charge is 2.40. The van der Waals surface area contributed by atoms with Gasteiger partial charge in [0.05, 0.1) is 23.9 Å². The van der Waals surface area contributed by atoms with Crippen molar-refractivity contribution < 1.29 is 9.59 Å². The van der Waals surface area contributed by atoms with Crippen LogP contribution in [0.2, 0.25) is 5.02 Å². The SMILES string of the molecule is C=CCN1CC2=C(C1=O)[C@@H](c1ccccc1Cl)NC(=O)N2. The average Bonchev–Trinajstić information content (AvgIpc) is 2.75. The Morgan fingerprint density at radius 2 is 2.14 bits per heavy atom. The molecule has 1 aromatic rings. The molecule has 21 heavy (non-hydrogen) atoms. The molecular weight excluding hydrogens is 290 g/mol. The number of benzene rings is 1. The van der Waals surface area contributed by atoms with Gasteiger partial charge in [-0.1, -0.05) is 35.9 Å². The number of hydrogen-bond donors (Lipinski definition) is 2. The molecule has 2 aliphatic heterocycles. The van der Waals surface area contributed by atoms with Crippen LogP contribution in [0, 0.1) is 0 Å². The molecule has 2 N–H and O–H groups in total. The lowest BCUT2D eigenvalue weighted by atomic mass is 9.96. The van der Waals surface area contributed by atoms with Crippen LogP contribution >= 0.6 is 11.6 Å². The lowest BCUT2D eigenvalue weighted by Gasteiger charge is -2.26. The van der Waals surface area contributed by atoms with Gasteiger partial charge in [0, 0.05) is 11.6 Å². The van der Waals surface area contributed by atoms with Crippen LogP contribution < -0.4 is 10.6 Å². The van der Waals surface area contributed by atoms with Crippen molar-refractivity contribution in [1.82, 2.24) is 15.5 Å². The number of nitrogens with zero attached hydrogens (tertiary/aromatic N) is 1. The first-order chi connectivity index (χ1) is 10.1. The van der Waals surface area contributed by atoms with Crippen molar-refractivity contribution in [1.29, 1.82) is 0 Å². The van der Waals surface area contributed by atoms with Crippen LogP contribution in [-0.2, 0) is 4.79 Å². The van der Waals surface area contributed by atoms with Crippen molar-refractivity contribution in [2.24, 2.45) is 0 Å². The summed E-state index contributed by atoms with van der Waals surface area (Å²) in [5, 5.41) is 6.00. The molecule has 0 spiro atoms. The van der Waals surface area contributed by atoms with Gasteiger partial charge < -0.3 is 15.5 Å². The van der Waals surface area contributed by atoms with Crippen LogP contribution in [0.1, 0.15) is 11.6 Å². The van der Waals surface area contributed by atoms with Gasteiger partial charge in [-0.3, -0.25) is 4.79 Å². The van der Waals surface area contributed by atoms with Crippen molar-refractivity contribution in [2.45, 2.75) is 6.04 Å². The molecule has 2 aliphatic rings. The molecule has 0 saturated carbocycles. The second-order valence-corrected chi connectivity index (χ2v) is 5.33. The van der Waals surface area contributed by atoms with E-state index in [2.05, 4.69) is 17.2 Å². The molecule has 1 atom stereocenters. The number of rotatable bonds is 3. The predicted octanol–water partition coefficient (Wildman–Crippen LogP) is 1.98. The maximum atomic E-state index is 12.5. The van der Waals surface area contributed by atoms with Gasteiger partial charge in [-0.15, -0.1) is 6.58 Å². The zero-order chi connectivity index (χ0) is 15.0. The minimum Gasteiger partial charge on any atom is -0.329 e. The number of urea groups is 1. The third-order valence-electron chi connectivity index (χ3n) is 3.59. The van der Waals surface area contributed by atoms with Crippen LogP contribution in [0.15, 0.2) is 48.2 Å². The zero-order valence-electron chi connectivity index (χ0n) is 11.2. The highest BCUT2D eigenvalue weighted by molar-refractivity contribution is 6.31. The molecule has 3 amide bonds. The van der Waals surface area contributed by atoms with Crippen molar-refractivity contribution in [3.63, 3.8) is 0 Å². The maximum Gasteiger partial charge on any atom is 0.319 e. The first-order valence-electron chi connectivity index (χ1n) is 6.57. The van der Waals surface area contributed by atoms with E-state index in [1.54, 1.807) is 17.0 Å². The third-order valence-corrected chi connectivity index (χ3v) is 3.93. The molecule has 0 unspecified atom stereocenters. The molecular formula is C15H14ClN3O2. The lowest BCUT2D eigenvalue weighted by Crippen LogP contribution is -2.44. The Morgan fingerprint density at radius 3 is 2.86 bits per heavy atom. The molecule has 0 radical (unpaired) electrons. The molecule has 0 saturated heterocycles. The Labute approximate surface area is 127 Å². The molecule has 0 aliphatic carbocycles. The molecule has 5 nitrogen and oxygen atoms in total. The third kappa shape index (κ3) is 2.29. The largest absolute Gasteiger partial charge is 0.329 e. The number of carbonyl (C=O) groups is 2. The summed E-state index contributed by atoms with van der Waals surface area (Å²) in [5.74, 6) is -0.109. The topological polar surface area (TPSA) is 61.4 Å². The fourth-order valence-corrected chi connectivity index (χ4v) is 2.92. The van der Waals surface area contributed by atoms with E-state index in [4.69, 9.17) is 11.6 Å². The molecule has 2 heterocycles. The smallest absolute Gasteiger partial charge is 0.319 e. The Hall–Kier alpha value is -2.27. The van der Waals surface area contributed by atoms with E-state index in [9.17, 15) is 9.59 Å². The number of amides is 3. The Kier molecular flexibility index (Phi) is 3.43. The summed E-state index contributed by atoms with van der Waals surface area (Å²) in [6.45, 7) is 4.47. The van der Waals surface area contributed by atoms with E-state index >= 15 is 0 Å². The molecule has 3 rings (SSSR count). The molecule has 1 aromatic carbocycles. The number of nitrogens with one attached hydrogen (secondary N) is 2. The zero-order valence-corrected chi connectivity index (χ0v) is 12.0. The van der Waals surface area contributed by atoms with Gasteiger partial charge in [-0.25, -0.2) is 4.79 Å². The summed E-state index contributed by atoms with van der Waals surface area (Å²) >= 11 is 6.21. The van der Waals surface area contributed by atoms with Crippen molar-refractivity contribution in [3.05, 3.63) is 58.8 Å². The second-order valence-electron chi connectivity index (χ2n) is 4.92. The minimum absolute atomic E-state index is 0.109. The van der Waals surface area contributed by atoms with Crippen LogP contribution in [0.25, 0.3) is 0 Å². The number of halogens is 1. The van der Waals surface area contributed by atoms with Gasteiger partial charge in [-0.2, -0.15) is 0 Å². The fraction of sp³-hybridized carbons (Fsp3) is 0.200. The van der Waals surface area contributed by atoms with Gasteiger partial charge in [-0.05, 0) is 11.6 Å². The van der Waals surface area contributed by atoms with E-state index in [1.165, 1.54) is 0 Å². The summed E-state index contributed by atoms with van der Waals surface area (Å²) in [5.41, 5.74) is 1.90. The number of carbonyl (C=O) groups excluding carboxylic acids is 2. The highest BCUT2D eigenvalue weighted by Crippen LogP contribution is 2.35. The van der Waals surface area contributed by atoms with Crippen molar-refractivity contribution in [3.8, 4) is 0 Å². The quantitative estimate of drug-likeness (QED) is 0.839. The first-order valence-corrected chi connectivity index (χ1v) is 6.94. The standard InChI is InChI=1S/C15H14ClN3O2/c1-2-7-19-8-11-12(14(19)20)13(18-15(21)17-11)9-5-3-4-6-10(9)16/h2-6,13H,1,7-8H2,(H2,17,18,21)/t13-/m1/s1. The Bertz CT molecular complexity index is 669. The normalized spacial score (nSPS) is 21.0. The summed E-state index contributed by atoms with van der Waals surface area (Å²) in [4.78, 5) is 26.0. The van der Waals surface area contributed by atoms with Gasteiger partial charge in [0.2, 0.25) is 0 Å². The van der Waals surface area contributed by atoms with Crippen LogP contribution in [-0.4, -0.2) is 29.9 Å². The average molecular weight is 304 g/mol. The van der Waals surface area contributed by atoms with Gasteiger partial charge in [0.25, 0.3) is 5.91 Å². The van der Waals surface area contributed by atoms with E-state index < -0.39 is 6.04 Å². The summed E-state index contributed by atoms with van der Waals surface area (Å²) in [7, 11) is 0. The number of hydrogen-bond acceptors (Lipinski definition) is 2. The summed E-state index contributed by atoms with van der Waals surface area (Å²) < 4.78 is 0. The van der Waals surface area contributed by atoms with Crippen LogP contribution in [0.5, 0.6) is 0 Å². The minimum atomic E-state index is -0.523. The van der Waals surface area contributed by atoms with E-state index in [-0.39, 0.29) is 11.9 Å². The maximum absolute atomic E-state index is 12.5. The Balaban J connectivity index is 2.03. The monoisotopic (exact) mass is 303 g/mol. The molecule has 0 aromatic heterocycles. The van der Waals surface area contributed by atoms with Gasteiger partial charge >= 0.3 is 6.03 Å². The highest BCUT2D eigenvalue weighted by atomic mass is 35.5.